The van der Waals surface area contributed by atoms with Crippen molar-refractivity contribution in [2.45, 2.75) is 31.4 Å². The zero-order valence-electron chi connectivity index (χ0n) is 8.50. The first kappa shape index (κ1) is 10.2. The molecule has 0 spiro atoms. The van der Waals surface area contributed by atoms with Crippen molar-refractivity contribution in [1.82, 2.24) is 0 Å². The third kappa shape index (κ3) is 1.63. The largest absolute Gasteiger partial charge is 0.292 e. The standard InChI is InChI=1S/C11H14OS2/c1-8-4-7-13-9(8)10(12)11(2)5-3-6-14-11/h4,7H,3,5-6H2,1-2H3. The topological polar surface area (TPSA) is 17.1 Å². The number of thioether (sulfide) groups is 1. The van der Waals surface area contributed by atoms with Crippen LogP contribution in [-0.4, -0.2) is 16.3 Å². The van der Waals surface area contributed by atoms with Gasteiger partial charge in [-0.15, -0.1) is 23.1 Å². The number of rotatable bonds is 2. The molecular weight excluding hydrogens is 212 g/mol. The number of carbonyl (C=O) groups is 1. The van der Waals surface area contributed by atoms with Crippen molar-refractivity contribution in [1.29, 1.82) is 0 Å². The molecule has 2 heterocycles. The van der Waals surface area contributed by atoms with Crippen LogP contribution in [0.5, 0.6) is 0 Å². The lowest BCUT2D eigenvalue weighted by Gasteiger charge is -2.20. The van der Waals surface area contributed by atoms with Crippen molar-refractivity contribution in [2.24, 2.45) is 0 Å². The highest BCUT2D eigenvalue weighted by molar-refractivity contribution is 8.01. The Kier molecular flexibility index (Phi) is 2.71. The Hall–Kier alpha value is -0.280. The Bertz CT molecular complexity index is 348. The molecule has 0 aromatic carbocycles. The van der Waals surface area contributed by atoms with Gasteiger partial charge in [-0.05, 0) is 49.5 Å². The van der Waals surface area contributed by atoms with E-state index in [1.54, 1.807) is 11.3 Å². The number of carbonyl (C=O) groups excluding carboxylic acids is 1. The van der Waals surface area contributed by atoms with Crippen molar-refractivity contribution in [2.75, 3.05) is 5.75 Å². The lowest BCUT2D eigenvalue weighted by atomic mass is 9.98. The lowest BCUT2D eigenvalue weighted by Crippen LogP contribution is -2.28. The van der Waals surface area contributed by atoms with E-state index >= 15 is 0 Å². The van der Waals surface area contributed by atoms with Gasteiger partial charge in [0.1, 0.15) is 0 Å². The van der Waals surface area contributed by atoms with E-state index in [-0.39, 0.29) is 4.75 Å². The molecule has 0 amide bonds. The molecule has 3 heteroatoms. The average Bonchev–Trinajstić information content (AvgIpc) is 2.74. The van der Waals surface area contributed by atoms with Crippen LogP contribution < -0.4 is 0 Å². The summed E-state index contributed by atoms with van der Waals surface area (Å²) in [7, 11) is 0. The summed E-state index contributed by atoms with van der Waals surface area (Å²) < 4.78 is -0.143. The molecule has 0 N–H and O–H groups in total. The van der Waals surface area contributed by atoms with E-state index in [0.29, 0.717) is 5.78 Å². The maximum absolute atomic E-state index is 12.2. The van der Waals surface area contributed by atoms with Crippen molar-refractivity contribution >= 4 is 28.9 Å². The molecule has 1 atom stereocenters. The predicted octanol–water partition coefficient (Wildman–Crippen LogP) is 3.52. The highest BCUT2D eigenvalue weighted by Crippen LogP contribution is 2.41. The summed E-state index contributed by atoms with van der Waals surface area (Å²) >= 11 is 3.40. The third-order valence-electron chi connectivity index (χ3n) is 2.77. The van der Waals surface area contributed by atoms with Gasteiger partial charge in [-0.25, -0.2) is 0 Å². The fourth-order valence-corrected chi connectivity index (χ4v) is 4.12. The van der Waals surface area contributed by atoms with Gasteiger partial charge >= 0.3 is 0 Å². The Labute approximate surface area is 92.9 Å². The van der Waals surface area contributed by atoms with Gasteiger partial charge in [0.25, 0.3) is 0 Å². The van der Waals surface area contributed by atoms with Gasteiger partial charge in [0.05, 0.1) is 9.62 Å². The molecule has 1 fully saturated rings. The minimum absolute atomic E-state index is 0.143. The molecule has 0 aliphatic carbocycles. The molecule has 0 radical (unpaired) electrons. The van der Waals surface area contributed by atoms with E-state index in [1.807, 2.05) is 30.1 Å². The highest BCUT2D eigenvalue weighted by atomic mass is 32.2. The molecule has 2 rings (SSSR count). The first-order chi connectivity index (χ1) is 6.63. The molecule has 1 nitrogen and oxygen atoms in total. The van der Waals surface area contributed by atoms with Gasteiger partial charge in [-0.2, -0.15) is 0 Å². The Morgan fingerprint density at radius 2 is 2.36 bits per heavy atom. The van der Waals surface area contributed by atoms with Gasteiger partial charge < -0.3 is 0 Å². The van der Waals surface area contributed by atoms with Crippen molar-refractivity contribution in [3.05, 3.63) is 21.9 Å². The molecule has 1 aliphatic heterocycles. The van der Waals surface area contributed by atoms with Crippen LogP contribution in [0.15, 0.2) is 11.4 Å². The summed E-state index contributed by atoms with van der Waals surface area (Å²) in [6.45, 7) is 4.11. The first-order valence-electron chi connectivity index (χ1n) is 4.86. The van der Waals surface area contributed by atoms with Crippen LogP contribution >= 0.6 is 23.1 Å². The van der Waals surface area contributed by atoms with E-state index in [9.17, 15) is 4.79 Å². The molecule has 1 aromatic heterocycles. The van der Waals surface area contributed by atoms with Crippen LogP contribution in [0.3, 0.4) is 0 Å². The summed E-state index contributed by atoms with van der Waals surface area (Å²) in [5, 5.41) is 2.01. The van der Waals surface area contributed by atoms with Crippen LogP contribution in [0.2, 0.25) is 0 Å². The summed E-state index contributed by atoms with van der Waals surface area (Å²) in [6, 6.07) is 2.03. The van der Waals surface area contributed by atoms with Gasteiger partial charge in [0.15, 0.2) is 5.78 Å². The number of aryl methyl sites for hydroxylation is 1. The van der Waals surface area contributed by atoms with E-state index in [0.717, 1.165) is 22.6 Å². The molecule has 1 saturated heterocycles. The van der Waals surface area contributed by atoms with Crippen molar-refractivity contribution < 1.29 is 4.79 Å². The second kappa shape index (κ2) is 3.70. The molecule has 1 aromatic rings. The molecule has 76 valence electrons. The summed E-state index contributed by atoms with van der Waals surface area (Å²) in [4.78, 5) is 13.2. The highest BCUT2D eigenvalue weighted by Gasteiger charge is 2.38. The minimum atomic E-state index is -0.143. The monoisotopic (exact) mass is 226 g/mol. The Morgan fingerprint density at radius 3 is 2.86 bits per heavy atom. The molecule has 1 unspecified atom stereocenters. The van der Waals surface area contributed by atoms with Crippen molar-refractivity contribution in [3.8, 4) is 0 Å². The second-order valence-corrected chi connectivity index (χ2v) is 6.46. The maximum atomic E-state index is 12.2. The minimum Gasteiger partial charge on any atom is -0.292 e. The molecule has 1 aliphatic rings. The smallest absolute Gasteiger partial charge is 0.188 e. The quantitative estimate of drug-likeness (QED) is 0.718. The SMILES string of the molecule is Cc1ccsc1C(=O)C1(C)CCCS1. The molecule has 0 bridgehead atoms. The summed E-state index contributed by atoms with van der Waals surface area (Å²) in [5.41, 5.74) is 1.13. The van der Waals surface area contributed by atoms with Crippen LogP contribution in [-0.2, 0) is 0 Å². The van der Waals surface area contributed by atoms with Gasteiger partial charge in [0.2, 0.25) is 0 Å². The van der Waals surface area contributed by atoms with Crippen molar-refractivity contribution in [3.63, 3.8) is 0 Å². The second-order valence-electron chi connectivity index (χ2n) is 3.94. The normalized spacial score (nSPS) is 26.7. The summed E-state index contributed by atoms with van der Waals surface area (Å²) in [6.07, 6.45) is 2.21. The van der Waals surface area contributed by atoms with Crippen LogP contribution in [0.1, 0.15) is 35.0 Å². The lowest BCUT2D eigenvalue weighted by molar-refractivity contribution is 0.0952. The Balaban J connectivity index is 2.28. The number of thiophene rings is 1. The van der Waals surface area contributed by atoms with E-state index in [4.69, 9.17) is 0 Å². The van der Waals surface area contributed by atoms with E-state index < -0.39 is 0 Å². The first-order valence-corrected chi connectivity index (χ1v) is 6.73. The third-order valence-corrected chi connectivity index (χ3v) is 5.30. The number of Topliss-reactive ketones (excluding diaryl/α,β-unsaturated/α-hetero) is 1. The fourth-order valence-electron chi connectivity index (χ4n) is 1.80. The molecule has 0 saturated carbocycles. The molecule has 14 heavy (non-hydrogen) atoms. The van der Waals surface area contributed by atoms with Crippen LogP contribution in [0.25, 0.3) is 0 Å². The summed E-state index contributed by atoms with van der Waals surface area (Å²) in [5.74, 6) is 1.47. The van der Waals surface area contributed by atoms with Crippen LogP contribution in [0, 0.1) is 6.92 Å². The zero-order valence-corrected chi connectivity index (χ0v) is 10.1. The molecular formula is C11H14OS2. The van der Waals surface area contributed by atoms with Gasteiger partial charge in [0, 0.05) is 0 Å². The predicted molar refractivity (Wildman–Crippen MR) is 63.5 cm³/mol. The number of hydrogen-bond donors (Lipinski definition) is 0. The van der Waals surface area contributed by atoms with E-state index in [2.05, 4.69) is 6.92 Å². The number of hydrogen-bond acceptors (Lipinski definition) is 3. The number of ketones is 1. The zero-order chi connectivity index (χ0) is 10.2. The average molecular weight is 226 g/mol. The maximum Gasteiger partial charge on any atom is 0.188 e. The fraction of sp³-hybridized carbons (Fsp3) is 0.545. The van der Waals surface area contributed by atoms with E-state index in [1.165, 1.54) is 6.42 Å². The Morgan fingerprint density at radius 1 is 1.57 bits per heavy atom. The van der Waals surface area contributed by atoms with Gasteiger partial charge in [-0.3, -0.25) is 4.79 Å². The van der Waals surface area contributed by atoms with Crippen LogP contribution in [0.4, 0.5) is 0 Å². The van der Waals surface area contributed by atoms with Gasteiger partial charge in [-0.1, -0.05) is 0 Å².